The first-order chi connectivity index (χ1) is 9.13. The average molecular weight is 287 g/mol. The lowest BCUT2D eigenvalue weighted by molar-refractivity contribution is -0.154. The Hall–Kier alpha value is -0.790. The first-order valence-electron chi connectivity index (χ1n) is 6.49. The van der Waals surface area contributed by atoms with Crippen molar-refractivity contribution < 1.29 is 23.3 Å². The van der Waals surface area contributed by atoms with Crippen molar-refractivity contribution >= 4 is 24.2 Å². The fraction of sp³-hybridized carbons (Fsp3) is 0.833. The van der Waals surface area contributed by atoms with E-state index in [4.69, 9.17) is 8.92 Å². The van der Waals surface area contributed by atoms with Gasteiger partial charge in [-0.25, -0.2) is 0 Å². The predicted molar refractivity (Wildman–Crippen MR) is 66.2 cm³/mol. The lowest BCUT2D eigenvalue weighted by atomic mass is 9.59. The Balaban J connectivity index is 1.76. The molecule has 106 valence electrons. The summed E-state index contributed by atoms with van der Waals surface area (Å²) < 4.78 is 10.6. The molecule has 2 aliphatic carbocycles. The van der Waals surface area contributed by atoms with E-state index >= 15 is 0 Å². The Morgan fingerprint density at radius 1 is 1.42 bits per heavy atom. The van der Waals surface area contributed by atoms with Crippen molar-refractivity contribution in [2.45, 2.75) is 38.2 Å². The van der Waals surface area contributed by atoms with Gasteiger partial charge in [-0.2, -0.15) is 0 Å². The van der Waals surface area contributed by atoms with Gasteiger partial charge >= 0.3 is 11.9 Å². The van der Waals surface area contributed by atoms with Gasteiger partial charge in [0.1, 0.15) is 6.10 Å². The van der Waals surface area contributed by atoms with E-state index < -0.39 is 5.41 Å². The Bertz CT molecular complexity index is 404. The smallest absolute Gasteiger partial charge is 0.325 e. The maximum atomic E-state index is 12.3. The van der Waals surface area contributed by atoms with Gasteiger partial charge < -0.3 is 8.92 Å². The van der Waals surface area contributed by atoms with Crippen LogP contribution in [0.2, 0.25) is 0 Å². The van der Waals surface area contributed by atoms with Gasteiger partial charge in [0, 0.05) is 6.42 Å². The topological polar surface area (TPSA) is 73.9 Å². The highest BCUT2D eigenvalue weighted by molar-refractivity contribution is 7.92. The molecule has 4 bridgehead atoms. The summed E-state index contributed by atoms with van der Waals surface area (Å²) in [5.74, 6) is -0.139. The Kier molecular flexibility index (Phi) is 3.44. The van der Waals surface area contributed by atoms with Gasteiger partial charge in [0.05, 0.1) is 18.4 Å². The van der Waals surface area contributed by atoms with E-state index in [0.717, 1.165) is 31.5 Å². The molecule has 7 heteroatoms. The maximum absolute atomic E-state index is 12.3. The standard InChI is InChI=1S/C12H17NO5S/c1-16-13-19-18-11(15)12-4-7-2-8(5-12)10(14)17-9(3-7)6-12/h7-9,13H,2-6H2,1H3. The number of carbonyl (C=O) groups excluding carboxylic acids is 2. The third-order valence-electron chi connectivity index (χ3n) is 4.43. The molecule has 2 heterocycles. The van der Waals surface area contributed by atoms with Gasteiger partial charge in [0.25, 0.3) is 0 Å². The van der Waals surface area contributed by atoms with Crippen LogP contribution in [0.1, 0.15) is 32.1 Å². The summed E-state index contributed by atoms with van der Waals surface area (Å²) in [5, 5.41) is 0. The van der Waals surface area contributed by atoms with Gasteiger partial charge in [0.15, 0.2) is 12.2 Å². The first kappa shape index (κ1) is 13.2. The van der Waals surface area contributed by atoms with E-state index in [2.05, 4.69) is 9.72 Å². The van der Waals surface area contributed by atoms with E-state index in [9.17, 15) is 9.59 Å². The third-order valence-corrected chi connectivity index (χ3v) is 4.90. The molecule has 0 aromatic carbocycles. The highest BCUT2D eigenvalue weighted by atomic mass is 32.2. The number of ether oxygens (including phenoxy) is 1. The van der Waals surface area contributed by atoms with Crippen LogP contribution in [0.3, 0.4) is 0 Å². The SMILES string of the molecule is CONSOC(=O)C12CC3CC(C1)OC(=O)C(C3)C2. The molecule has 2 saturated carbocycles. The number of esters is 1. The van der Waals surface area contributed by atoms with Crippen molar-refractivity contribution in [2.24, 2.45) is 17.3 Å². The number of hydrogen-bond donors (Lipinski definition) is 1. The summed E-state index contributed by atoms with van der Waals surface area (Å²) in [7, 11) is 1.45. The van der Waals surface area contributed by atoms with Crippen LogP contribution in [0.15, 0.2) is 0 Å². The largest absolute Gasteiger partial charge is 0.462 e. The molecule has 0 aromatic heterocycles. The minimum absolute atomic E-state index is 0.119. The molecule has 4 atom stereocenters. The monoisotopic (exact) mass is 287 g/mol. The molecular weight excluding hydrogens is 270 g/mol. The van der Waals surface area contributed by atoms with Crippen LogP contribution in [0, 0.1) is 17.3 Å². The number of nitrogens with one attached hydrogen (secondary N) is 1. The molecule has 0 spiro atoms. The van der Waals surface area contributed by atoms with Crippen LogP contribution in [-0.4, -0.2) is 25.2 Å². The number of carbonyl (C=O) groups is 2. The van der Waals surface area contributed by atoms with Crippen molar-refractivity contribution in [3.8, 4) is 0 Å². The highest BCUT2D eigenvalue weighted by Gasteiger charge is 2.57. The second-order valence-electron chi connectivity index (χ2n) is 5.73. The minimum Gasteiger partial charge on any atom is -0.462 e. The zero-order chi connectivity index (χ0) is 13.5. The number of rotatable bonds is 4. The van der Waals surface area contributed by atoms with Crippen LogP contribution >= 0.6 is 12.2 Å². The molecule has 4 fully saturated rings. The molecule has 0 radical (unpaired) electrons. The molecule has 0 amide bonds. The second-order valence-corrected chi connectivity index (χ2v) is 6.23. The summed E-state index contributed by atoms with van der Waals surface area (Å²) in [6, 6.07) is 0. The van der Waals surface area contributed by atoms with E-state index in [1.54, 1.807) is 0 Å². The van der Waals surface area contributed by atoms with E-state index in [-0.39, 0.29) is 24.0 Å². The molecule has 4 unspecified atom stereocenters. The fourth-order valence-corrected chi connectivity index (χ4v) is 4.23. The van der Waals surface area contributed by atoms with Crippen molar-refractivity contribution in [3.05, 3.63) is 0 Å². The van der Waals surface area contributed by atoms with Crippen LogP contribution in [0.25, 0.3) is 0 Å². The van der Waals surface area contributed by atoms with Crippen LogP contribution in [-0.2, 0) is 23.3 Å². The zero-order valence-corrected chi connectivity index (χ0v) is 11.5. The lowest BCUT2D eigenvalue weighted by Crippen LogP contribution is -2.45. The molecule has 2 aliphatic heterocycles. The normalized spacial score (nSPS) is 39.8. The predicted octanol–water partition coefficient (Wildman–Crippen LogP) is 1.37. The molecule has 2 saturated heterocycles. The second kappa shape index (κ2) is 4.96. The molecule has 4 rings (SSSR count). The molecular formula is C12H17NO5S. The summed E-state index contributed by atoms with van der Waals surface area (Å²) in [5.41, 5.74) is -0.551. The van der Waals surface area contributed by atoms with Gasteiger partial charge in [-0.1, -0.05) is 0 Å². The maximum Gasteiger partial charge on any atom is 0.325 e. The average Bonchev–Trinajstić information content (AvgIpc) is 2.53. The number of fused-ring (bicyclic) bond motifs is 1. The quantitative estimate of drug-likeness (QED) is 0.275. The molecule has 6 nitrogen and oxygen atoms in total. The van der Waals surface area contributed by atoms with Gasteiger partial charge in [0.2, 0.25) is 0 Å². The zero-order valence-electron chi connectivity index (χ0n) is 10.7. The highest BCUT2D eigenvalue weighted by Crippen LogP contribution is 2.55. The summed E-state index contributed by atoms with van der Waals surface area (Å²) in [4.78, 5) is 31.2. The van der Waals surface area contributed by atoms with Crippen molar-refractivity contribution in [1.82, 2.24) is 4.89 Å². The number of hydrogen-bond acceptors (Lipinski definition) is 7. The fourth-order valence-electron chi connectivity index (χ4n) is 3.87. The van der Waals surface area contributed by atoms with Crippen LogP contribution < -0.4 is 4.89 Å². The van der Waals surface area contributed by atoms with E-state index in [0.29, 0.717) is 18.8 Å². The summed E-state index contributed by atoms with van der Waals surface area (Å²) in [6.07, 6.45) is 3.59. The summed E-state index contributed by atoms with van der Waals surface area (Å²) in [6.45, 7) is 0. The van der Waals surface area contributed by atoms with Gasteiger partial charge in [-0.05, 0) is 31.6 Å². The Labute approximate surface area is 115 Å². The summed E-state index contributed by atoms with van der Waals surface area (Å²) >= 11 is 0.770. The Morgan fingerprint density at radius 2 is 2.26 bits per heavy atom. The van der Waals surface area contributed by atoms with E-state index in [1.807, 2.05) is 0 Å². The van der Waals surface area contributed by atoms with Crippen LogP contribution in [0.5, 0.6) is 0 Å². The molecule has 1 N–H and O–H groups in total. The van der Waals surface area contributed by atoms with Crippen molar-refractivity contribution in [3.63, 3.8) is 0 Å². The molecule has 4 aliphatic rings. The first-order valence-corrected chi connectivity index (χ1v) is 7.23. The van der Waals surface area contributed by atoms with E-state index in [1.165, 1.54) is 7.11 Å². The van der Waals surface area contributed by atoms with Gasteiger partial charge in [-0.3, -0.25) is 14.4 Å². The Morgan fingerprint density at radius 3 is 3.05 bits per heavy atom. The van der Waals surface area contributed by atoms with Crippen molar-refractivity contribution in [1.29, 1.82) is 0 Å². The van der Waals surface area contributed by atoms with Gasteiger partial charge in [-0.15, -0.1) is 4.89 Å². The van der Waals surface area contributed by atoms with Crippen LogP contribution in [0.4, 0.5) is 0 Å². The third kappa shape index (κ3) is 2.34. The van der Waals surface area contributed by atoms with Crippen molar-refractivity contribution in [2.75, 3.05) is 7.11 Å². The molecule has 19 heavy (non-hydrogen) atoms. The molecule has 0 aromatic rings. The lowest BCUT2D eigenvalue weighted by Gasteiger charge is -2.43. The minimum atomic E-state index is -0.551.